The minimum atomic E-state index is -1.17. The number of hydrogen-bond donors (Lipinski definition) is 7. The molecule has 0 fully saturated rings. The van der Waals surface area contributed by atoms with E-state index in [0.29, 0.717) is 25.8 Å². The lowest BCUT2D eigenvalue weighted by molar-refractivity contribution is -0.143. The van der Waals surface area contributed by atoms with Crippen LogP contribution in [0.3, 0.4) is 0 Å². The van der Waals surface area contributed by atoms with Gasteiger partial charge in [-0.3, -0.25) is 19.4 Å². The standard InChI is InChI=1S/C26H43N7O5/c1-15(2)13-19(31-22(34)18(27)11-8-12-30-26(28)29)23(35)32-20(14-17-9-6-5-7-10-17)24(36)33-21(16(3)4)25(37)38/h5-7,9-10,15-16,18-21H,8,11-14,27H2,1-4H3,(H,31,34)(H,32,35)(H,33,36)(H,37,38)(H4,28,29,30). The van der Waals surface area contributed by atoms with Gasteiger partial charge in [-0.2, -0.15) is 0 Å². The van der Waals surface area contributed by atoms with Crippen LogP contribution < -0.4 is 33.2 Å². The number of carboxylic acids is 1. The summed E-state index contributed by atoms with van der Waals surface area (Å²) in [6.07, 6.45) is 1.23. The third-order valence-electron chi connectivity index (χ3n) is 5.79. The van der Waals surface area contributed by atoms with Gasteiger partial charge in [-0.05, 0) is 36.7 Å². The molecule has 0 aromatic heterocycles. The predicted octanol–water partition coefficient (Wildman–Crippen LogP) is -0.149. The molecule has 3 amide bonds. The lowest BCUT2D eigenvalue weighted by atomic mass is 9.99. The van der Waals surface area contributed by atoms with Gasteiger partial charge in [-0.15, -0.1) is 0 Å². The van der Waals surface area contributed by atoms with Crippen molar-refractivity contribution >= 4 is 29.7 Å². The number of nitrogens with one attached hydrogen (secondary N) is 3. The highest BCUT2D eigenvalue weighted by atomic mass is 16.4. The van der Waals surface area contributed by atoms with Crippen LogP contribution in [0.2, 0.25) is 0 Å². The highest BCUT2D eigenvalue weighted by Gasteiger charge is 2.31. The summed E-state index contributed by atoms with van der Waals surface area (Å²) in [6.45, 7) is 7.48. The largest absolute Gasteiger partial charge is 0.480 e. The van der Waals surface area contributed by atoms with Crippen molar-refractivity contribution in [3.05, 3.63) is 35.9 Å². The molecule has 0 aliphatic carbocycles. The molecule has 38 heavy (non-hydrogen) atoms. The number of carbonyl (C=O) groups is 4. The second-order valence-corrected chi connectivity index (χ2v) is 10.1. The van der Waals surface area contributed by atoms with E-state index < -0.39 is 47.9 Å². The molecule has 0 saturated carbocycles. The SMILES string of the molecule is CC(C)CC(NC(=O)C(N)CCCN=C(N)N)C(=O)NC(Cc1ccccc1)C(=O)NC(C(=O)O)C(C)C. The molecule has 212 valence electrons. The highest BCUT2D eigenvalue weighted by Crippen LogP contribution is 2.10. The molecule has 0 heterocycles. The topological polar surface area (TPSA) is 215 Å². The van der Waals surface area contributed by atoms with Crippen molar-refractivity contribution < 1.29 is 24.3 Å². The van der Waals surface area contributed by atoms with Gasteiger partial charge in [0.15, 0.2) is 5.96 Å². The molecule has 0 spiro atoms. The van der Waals surface area contributed by atoms with Crippen LogP contribution in [0.25, 0.3) is 0 Å². The van der Waals surface area contributed by atoms with Crippen molar-refractivity contribution in [1.82, 2.24) is 16.0 Å². The fraction of sp³-hybridized carbons (Fsp3) is 0.577. The minimum absolute atomic E-state index is 0.0443. The van der Waals surface area contributed by atoms with Crippen molar-refractivity contribution in [2.45, 2.75) is 77.5 Å². The minimum Gasteiger partial charge on any atom is -0.480 e. The van der Waals surface area contributed by atoms with Gasteiger partial charge in [0.2, 0.25) is 17.7 Å². The number of guanidine groups is 1. The first-order valence-corrected chi connectivity index (χ1v) is 12.8. The molecule has 0 aliphatic rings. The van der Waals surface area contributed by atoms with Crippen LogP contribution in [0.5, 0.6) is 0 Å². The summed E-state index contributed by atoms with van der Waals surface area (Å²) < 4.78 is 0. The molecule has 1 rings (SSSR count). The monoisotopic (exact) mass is 533 g/mol. The Kier molecular flexibility index (Phi) is 13.8. The highest BCUT2D eigenvalue weighted by molar-refractivity contribution is 5.94. The predicted molar refractivity (Wildman–Crippen MR) is 146 cm³/mol. The molecule has 0 saturated heterocycles. The molecule has 0 bridgehead atoms. The summed E-state index contributed by atoms with van der Waals surface area (Å²) in [5, 5.41) is 17.4. The Hall–Kier alpha value is -3.67. The van der Waals surface area contributed by atoms with Gasteiger partial charge < -0.3 is 38.3 Å². The number of amides is 3. The average molecular weight is 534 g/mol. The summed E-state index contributed by atoms with van der Waals surface area (Å²) in [4.78, 5) is 54.7. The molecule has 1 aromatic carbocycles. The molecule has 4 atom stereocenters. The first kappa shape index (κ1) is 32.4. The maximum absolute atomic E-state index is 13.3. The van der Waals surface area contributed by atoms with Crippen molar-refractivity contribution in [3.63, 3.8) is 0 Å². The van der Waals surface area contributed by atoms with Crippen LogP contribution in [0, 0.1) is 11.8 Å². The molecular formula is C26H43N7O5. The Morgan fingerprint density at radius 3 is 2.00 bits per heavy atom. The molecule has 4 unspecified atom stereocenters. The Bertz CT molecular complexity index is 949. The summed E-state index contributed by atoms with van der Waals surface area (Å²) >= 11 is 0. The quantitative estimate of drug-likeness (QED) is 0.0859. The van der Waals surface area contributed by atoms with E-state index in [4.69, 9.17) is 17.2 Å². The number of hydrogen-bond acceptors (Lipinski definition) is 6. The van der Waals surface area contributed by atoms with Crippen molar-refractivity contribution in [2.24, 2.45) is 34.0 Å². The number of carbonyl (C=O) groups excluding carboxylic acids is 3. The van der Waals surface area contributed by atoms with Gasteiger partial charge in [-0.1, -0.05) is 58.0 Å². The molecular weight excluding hydrogens is 490 g/mol. The number of benzene rings is 1. The molecule has 0 radical (unpaired) electrons. The Balaban J connectivity index is 3.03. The summed E-state index contributed by atoms with van der Waals surface area (Å²) in [6, 6.07) is 5.02. The molecule has 1 aromatic rings. The van der Waals surface area contributed by atoms with E-state index in [-0.39, 0.29) is 24.2 Å². The van der Waals surface area contributed by atoms with Gasteiger partial charge in [0.1, 0.15) is 18.1 Å². The van der Waals surface area contributed by atoms with Crippen LogP contribution in [-0.4, -0.2) is 65.5 Å². The third-order valence-corrected chi connectivity index (χ3v) is 5.79. The number of aliphatic imine (C=N–C) groups is 1. The second kappa shape index (κ2) is 16.2. The Morgan fingerprint density at radius 2 is 1.47 bits per heavy atom. The lowest BCUT2D eigenvalue weighted by Crippen LogP contribution is -2.58. The van der Waals surface area contributed by atoms with Crippen LogP contribution in [0.15, 0.2) is 35.3 Å². The van der Waals surface area contributed by atoms with E-state index in [1.54, 1.807) is 38.1 Å². The number of carboxylic acid groups (broad SMARTS) is 1. The first-order valence-electron chi connectivity index (χ1n) is 12.8. The summed E-state index contributed by atoms with van der Waals surface area (Å²) in [5.41, 5.74) is 17.4. The zero-order valence-corrected chi connectivity index (χ0v) is 22.6. The Labute approximate surface area is 224 Å². The summed E-state index contributed by atoms with van der Waals surface area (Å²) in [7, 11) is 0. The molecule has 10 N–H and O–H groups in total. The van der Waals surface area contributed by atoms with Crippen molar-refractivity contribution in [2.75, 3.05) is 6.54 Å². The van der Waals surface area contributed by atoms with E-state index in [1.165, 1.54) is 0 Å². The van der Waals surface area contributed by atoms with E-state index in [1.807, 2.05) is 19.9 Å². The van der Waals surface area contributed by atoms with Gasteiger partial charge >= 0.3 is 5.97 Å². The lowest BCUT2D eigenvalue weighted by Gasteiger charge is -2.27. The number of rotatable bonds is 16. The maximum atomic E-state index is 13.3. The number of nitrogens with two attached hydrogens (primary N) is 3. The third kappa shape index (κ3) is 12.0. The number of aliphatic carboxylic acids is 1. The van der Waals surface area contributed by atoms with Gasteiger partial charge in [0, 0.05) is 13.0 Å². The summed E-state index contributed by atoms with van der Waals surface area (Å²) in [5.74, 6) is -3.24. The van der Waals surface area contributed by atoms with Crippen molar-refractivity contribution in [3.8, 4) is 0 Å². The fourth-order valence-electron chi connectivity index (χ4n) is 3.73. The smallest absolute Gasteiger partial charge is 0.326 e. The fourth-order valence-corrected chi connectivity index (χ4v) is 3.73. The van der Waals surface area contributed by atoms with Gasteiger partial charge in [0.05, 0.1) is 6.04 Å². The second-order valence-electron chi connectivity index (χ2n) is 10.1. The molecule has 12 nitrogen and oxygen atoms in total. The van der Waals surface area contributed by atoms with Crippen LogP contribution in [-0.2, 0) is 25.6 Å². The molecule has 0 aliphatic heterocycles. The normalized spacial score (nSPS) is 14.2. The zero-order valence-electron chi connectivity index (χ0n) is 22.6. The van der Waals surface area contributed by atoms with Gasteiger partial charge in [-0.25, -0.2) is 4.79 Å². The van der Waals surface area contributed by atoms with Crippen LogP contribution in [0.4, 0.5) is 0 Å². The Morgan fingerprint density at radius 1 is 0.895 bits per heavy atom. The molecule has 12 heteroatoms. The number of nitrogens with zero attached hydrogens (tertiary/aromatic N) is 1. The first-order chi connectivity index (χ1) is 17.8. The van der Waals surface area contributed by atoms with Crippen LogP contribution >= 0.6 is 0 Å². The zero-order chi connectivity index (χ0) is 28.8. The van der Waals surface area contributed by atoms with Crippen LogP contribution in [0.1, 0.15) is 52.5 Å². The average Bonchev–Trinajstić information content (AvgIpc) is 2.83. The van der Waals surface area contributed by atoms with E-state index in [9.17, 15) is 24.3 Å². The van der Waals surface area contributed by atoms with E-state index >= 15 is 0 Å². The van der Waals surface area contributed by atoms with Crippen molar-refractivity contribution in [1.29, 1.82) is 0 Å². The van der Waals surface area contributed by atoms with E-state index in [2.05, 4.69) is 20.9 Å². The van der Waals surface area contributed by atoms with E-state index in [0.717, 1.165) is 5.56 Å². The van der Waals surface area contributed by atoms with Gasteiger partial charge in [0.25, 0.3) is 0 Å². The maximum Gasteiger partial charge on any atom is 0.326 e.